The second-order valence-corrected chi connectivity index (χ2v) is 3.57. The topological polar surface area (TPSA) is 66.4 Å². The molecule has 0 aliphatic carbocycles. The molecule has 0 radical (unpaired) electrons. The zero-order valence-electron chi connectivity index (χ0n) is 9.04. The lowest BCUT2D eigenvalue weighted by Gasteiger charge is -2.11. The van der Waals surface area contributed by atoms with Gasteiger partial charge in [-0.05, 0) is 17.7 Å². The molecule has 0 unspecified atom stereocenters. The van der Waals surface area contributed by atoms with Crippen LogP contribution in [0.2, 0.25) is 0 Å². The molecule has 0 bridgehead atoms. The first-order valence-electron chi connectivity index (χ1n) is 4.79. The van der Waals surface area contributed by atoms with Crippen molar-refractivity contribution in [3.05, 3.63) is 29.8 Å². The minimum atomic E-state index is -3.81. The van der Waals surface area contributed by atoms with Crippen LogP contribution < -0.4 is 5.32 Å². The number of hydrogen-bond donors (Lipinski definition) is 2. The van der Waals surface area contributed by atoms with Gasteiger partial charge in [-0.15, -0.1) is 0 Å². The van der Waals surface area contributed by atoms with E-state index in [1.807, 2.05) is 0 Å². The van der Waals surface area contributed by atoms with Gasteiger partial charge in [0.25, 0.3) is 0 Å². The van der Waals surface area contributed by atoms with Gasteiger partial charge in [-0.2, -0.15) is 8.78 Å². The van der Waals surface area contributed by atoms with Crippen LogP contribution in [0.1, 0.15) is 12.5 Å². The van der Waals surface area contributed by atoms with Gasteiger partial charge < -0.3 is 10.4 Å². The van der Waals surface area contributed by atoms with Crippen LogP contribution in [0.15, 0.2) is 24.3 Å². The minimum absolute atomic E-state index is 0.142. The van der Waals surface area contributed by atoms with Crippen molar-refractivity contribution in [1.29, 1.82) is 0 Å². The number of benzene rings is 1. The standard InChI is InChI=1S/C11H11F2NO3/c1-7(15)14-9-4-2-3-8(5-9)6-11(12,13)10(16)17/h2-5H,6H2,1H3,(H,14,15)(H,16,17). The van der Waals surface area contributed by atoms with Crippen molar-refractivity contribution in [2.75, 3.05) is 5.32 Å². The van der Waals surface area contributed by atoms with Gasteiger partial charge in [0.2, 0.25) is 5.91 Å². The molecule has 2 N–H and O–H groups in total. The highest BCUT2D eigenvalue weighted by Gasteiger charge is 2.38. The summed E-state index contributed by atoms with van der Waals surface area (Å²) < 4.78 is 25.9. The third-order valence-electron chi connectivity index (χ3n) is 1.99. The zero-order chi connectivity index (χ0) is 13.1. The van der Waals surface area contributed by atoms with E-state index < -0.39 is 18.3 Å². The maximum absolute atomic E-state index is 12.9. The molecule has 0 spiro atoms. The molecule has 1 rings (SSSR count). The van der Waals surface area contributed by atoms with Crippen LogP contribution in [0.25, 0.3) is 0 Å². The molecule has 17 heavy (non-hydrogen) atoms. The first kappa shape index (κ1) is 13.1. The highest BCUT2D eigenvalue weighted by molar-refractivity contribution is 5.88. The van der Waals surface area contributed by atoms with Crippen molar-refractivity contribution in [2.24, 2.45) is 0 Å². The lowest BCUT2D eigenvalue weighted by molar-refractivity contribution is -0.164. The van der Waals surface area contributed by atoms with Crippen LogP contribution in [0, 0.1) is 0 Å². The van der Waals surface area contributed by atoms with E-state index in [4.69, 9.17) is 5.11 Å². The number of carboxylic acid groups (broad SMARTS) is 1. The summed E-state index contributed by atoms with van der Waals surface area (Å²) in [6, 6.07) is 5.70. The molecule has 1 aromatic rings. The van der Waals surface area contributed by atoms with Gasteiger partial charge in [-0.1, -0.05) is 12.1 Å². The van der Waals surface area contributed by atoms with E-state index >= 15 is 0 Å². The molecule has 92 valence electrons. The molecular formula is C11H11F2NO3. The Labute approximate surface area is 96.3 Å². The van der Waals surface area contributed by atoms with Crippen LogP contribution in [0.5, 0.6) is 0 Å². The van der Waals surface area contributed by atoms with Gasteiger partial charge in [-0.25, -0.2) is 4.79 Å². The van der Waals surface area contributed by atoms with Gasteiger partial charge in [0, 0.05) is 19.0 Å². The van der Waals surface area contributed by atoms with Crippen LogP contribution in [-0.4, -0.2) is 22.9 Å². The molecule has 0 heterocycles. The Kier molecular flexibility index (Phi) is 3.77. The third kappa shape index (κ3) is 3.82. The fourth-order valence-corrected chi connectivity index (χ4v) is 1.29. The molecule has 1 aromatic carbocycles. The molecule has 0 saturated carbocycles. The fraction of sp³-hybridized carbons (Fsp3) is 0.273. The quantitative estimate of drug-likeness (QED) is 0.848. The van der Waals surface area contributed by atoms with E-state index in [0.29, 0.717) is 5.69 Å². The van der Waals surface area contributed by atoms with E-state index in [2.05, 4.69) is 5.32 Å². The summed E-state index contributed by atoms with van der Waals surface area (Å²) in [5.41, 5.74) is 0.500. The van der Waals surface area contributed by atoms with E-state index in [0.717, 1.165) is 0 Å². The summed E-state index contributed by atoms with van der Waals surface area (Å²) in [6.45, 7) is 1.29. The monoisotopic (exact) mass is 243 g/mol. The largest absolute Gasteiger partial charge is 0.477 e. The fourth-order valence-electron chi connectivity index (χ4n) is 1.29. The summed E-state index contributed by atoms with van der Waals surface area (Å²) in [6.07, 6.45) is -0.907. The summed E-state index contributed by atoms with van der Waals surface area (Å²) in [5.74, 6) is -6.30. The third-order valence-corrected chi connectivity index (χ3v) is 1.99. The lowest BCUT2D eigenvalue weighted by Crippen LogP contribution is -2.30. The highest BCUT2D eigenvalue weighted by atomic mass is 19.3. The molecule has 0 aromatic heterocycles. The van der Waals surface area contributed by atoms with E-state index in [9.17, 15) is 18.4 Å². The van der Waals surface area contributed by atoms with Crippen molar-refractivity contribution >= 4 is 17.6 Å². The number of amides is 1. The number of nitrogens with one attached hydrogen (secondary N) is 1. The first-order valence-corrected chi connectivity index (χ1v) is 4.79. The molecule has 0 saturated heterocycles. The lowest BCUT2D eigenvalue weighted by atomic mass is 10.1. The van der Waals surface area contributed by atoms with Gasteiger partial charge in [0.15, 0.2) is 0 Å². The molecule has 6 heteroatoms. The number of alkyl halides is 2. The zero-order valence-corrected chi connectivity index (χ0v) is 9.04. The molecule has 0 aliphatic heterocycles. The van der Waals surface area contributed by atoms with Crippen molar-refractivity contribution < 1.29 is 23.5 Å². The number of halogens is 2. The summed E-state index contributed by atoms with van der Waals surface area (Å²) in [4.78, 5) is 21.0. The number of aliphatic carboxylic acids is 1. The molecule has 0 atom stereocenters. The maximum Gasteiger partial charge on any atom is 0.374 e. The minimum Gasteiger partial charge on any atom is -0.477 e. The predicted octanol–water partition coefficient (Wildman–Crippen LogP) is 1.91. The Morgan fingerprint density at radius 1 is 1.41 bits per heavy atom. The van der Waals surface area contributed by atoms with Crippen molar-refractivity contribution in [2.45, 2.75) is 19.3 Å². The van der Waals surface area contributed by atoms with Crippen LogP contribution in [-0.2, 0) is 16.0 Å². The molecular weight excluding hydrogens is 232 g/mol. The summed E-state index contributed by atoms with van der Waals surface area (Å²) in [7, 11) is 0. The van der Waals surface area contributed by atoms with Crippen LogP contribution >= 0.6 is 0 Å². The van der Waals surface area contributed by atoms with E-state index in [-0.39, 0.29) is 11.5 Å². The number of rotatable bonds is 4. The predicted molar refractivity (Wildman–Crippen MR) is 57.0 cm³/mol. The molecule has 0 fully saturated rings. The van der Waals surface area contributed by atoms with Gasteiger partial charge in [-0.3, -0.25) is 4.79 Å². The Morgan fingerprint density at radius 2 is 2.06 bits per heavy atom. The molecule has 0 aliphatic rings. The average molecular weight is 243 g/mol. The maximum atomic E-state index is 12.9. The number of carboxylic acids is 1. The number of carbonyl (C=O) groups is 2. The Balaban J connectivity index is 2.85. The normalized spacial score (nSPS) is 11.0. The van der Waals surface area contributed by atoms with Crippen molar-refractivity contribution in [3.63, 3.8) is 0 Å². The van der Waals surface area contributed by atoms with Crippen LogP contribution in [0.3, 0.4) is 0 Å². The van der Waals surface area contributed by atoms with Crippen LogP contribution in [0.4, 0.5) is 14.5 Å². The van der Waals surface area contributed by atoms with E-state index in [1.54, 1.807) is 0 Å². The van der Waals surface area contributed by atoms with Gasteiger partial charge >= 0.3 is 11.9 Å². The smallest absolute Gasteiger partial charge is 0.374 e. The average Bonchev–Trinajstić information content (AvgIpc) is 2.15. The second-order valence-electron chi connectivity index (χ2n) is 3.57. The Hall–Kier alpha value is -1.98. The summed E-state index contributed by atoms with van der Waals surface area (Å²) in [5, 5.41) is 10.7. The molecule has 4 nitrogen and oxygen atoms in total. The Morgan fingerprint density at radius 3 is 2.59 bits per heavy atom. The van der Waals surface area contributed by atoms with Gasteiger partial charge in [0.1, 0.15) is 0 Å². The first-order chi connectivity index (χ1) is 7.81. The van der Waals surface area contributed by atoms with Crippen molar-refractivity contribution in [3.8, 4) is 0 Å². The summed E-state index contributed by atoms with van der Waals surface area (Å²) >= 11 is 0. The van der Waals surface area contributed by atoms with Crippen molar-refractivity contribution in [1.82, 2.24) is 0 Å². The SMILES string of the molecule is CC(=O)Nc1cccc(CC(F)(F)C(=O)O)c1. The highest BCUT2D eigenvalue weighted by Crippen LogP contribution is 2.22. The van der Waals surface area contributed by atoms with E-state index in [1.165, 1.54) is 31.2 Å². The molecule has 1 amide bonds. The Bertz CT molecular complexity index is 446. The van der Waals surface area contributed by atoms with Gasteiger partial charge in [0.05, 0.1) is 0 Å². The second kappa shape index (κ2) is 4.90. The number of carbonyl (C=O) groups excluding carboxylic acids is 1. The number of hydrogen-bond acceptors (Lipinski definition) is 2. The number of anilines is 1.